The Hall–Kier alpha value is -2.31. The maximum atomic E-state index is 12.4. The quantitative estimate of drug-likeness (QED) is 0.836. The van der Waals surface area contributed by atoms with Crippen molar-refractivity contribution in [2.45, 2.75) is 71.6 Å². The fourth-order valence-electron chi connectivity index (χ4n) is 2.74. The molecule has 2 amide bonds. The van der Waals surface area contributed by atoms with Gasteiger partial charge in [0.05, 0.1) is 6.04 Å². The zero-order chi connectivity index (χ0) is 19.5. The number of ether oxygens (including phenoxy) is 2. The van der Waals surface area contributed by atoms with Crippen molar-refractivity contribution in [3.63, 3.8) is 0 Å². The van der Waals surface area contributed by atoms with E-state index in [9.17, 15) is 9.59 Å². The monoisotopic (exact) mass is 363 g/mol. The van der Waals surface area contributed by atoms with Crippen molar-refractivity contribution >= 4 is 18.0 Å². The third-order valence-electron chi connectivity index (χ3n) is 3.68. The third kappa shape index (κ3) is 5.89. The van der Waals surface area contributed by atoms with Gasteiger partial charge in [0.15, 0.2) is 0 Å². The molecule has 2 rings (SSSR count). The second-order valence-corrected chi connectivity index (χ2v) is 8.44. The molecule has 1 aromatic heterocycles. The molecule has 0 bridgehead atoms. The van der Waals surface area contributed by atoms with Crippen LogP contribution in [0.15, 0.2) is 18.3 Å². The molecule has 0 aromatic carbocycles. The highest BCUT2D eigenvalue weighted by atomic mass is 16.6. The minimum Gasteiger partial charge on any atom is -0.444 e. The predicted molar refractivity (Wildman–Crippen MR) is 99.0 cm³/mol. The lowest BCUT2D eigenvalue weighted by Gasteiger charge is -2.28. The first-order valence-corrected chi connectivity index (χ1v) is 8.90. The highest BCUT2D eigenvalue weighted by Gasteiger charge is 2.33. The lowest BCUT2D eigenvalue weighted by molar-refractivity contribution is 0.0224. The molecule has 0 saturated carbocycles. The summed E-state index contributed by atoms with van der Waals surface area (Å²) in [4.78, 5) is 30.2. The molecular formula is C19H29N3O4. The maximum Gasteiger partial charge on any atom is 0.413 e. The molecule has 0 aliphatic carbocycles. The average molecular weight is 363 g/mol. The smallest absolute Gasteiger partial charge is 0.413 e. The maximum absolute atomic E-state index is 12.4. The first kappa shape index (κ1) is 20.0. The zero-order valence-electron chi connectivity index (χ0n) is 16.5. The van der Waals surface area contributed by atoms with E-state index in [-0.39, 0.29) is 12.1 Å². The molecule has 7 heteroatoms. The summed E-state index contributed by atoms with van der Waals surface area (Å²) in [5, 5.41) is 2.60. The highest BCUT2D eigenvalue weighted by molar-refractivity contribution is 5.83. The Labute approximate surface area is 155 Å². The van der Waals surface area contributed by atoms with E-state index in [4.69, 9.17) is 9.47 Å². The molecule has 1 saturated heterocycles. The minimum atomic E-state index is -0.568. The number of amides is 2. The van der Waals surface area contributed by atoms with E-state index in [0.717, 1.165) is 18.4 Å². The zero-order valence-corrected chi connectivity index (χ0v) is 16.5. The number of carbonyl (C=O) groups is 2. The SMILES string of the molecule is CC(C)(C)OC(=O)Nc1ccc([C@H]2CCCN2C(=O)OC(C)(C)C)cn1. The lowest BCUT2D eigenvalue weighted by Crippen LogP contribution is -2.36. The van der Waals surface area contributed by atoms with Crippen molar-refractivity contribution in [1.29, 1.82) is 0 Å². The molecule has 0 spiro atoms. The van der Waals surface area contributed by atoms with Gasteiger partial charge in [0.1, 0.15) is 17.0 Å². The van der Waals surface area contributed by atoms with Crippen molar-refractivity contribution in [1.82, 2.24) is 9.88 Å². The number of nitrogens with zero attached hydrogens (tertiary/aromatic N) is 2. The summed E-state index contributed by atoms with van der Waals surface area (Å²) in [5.41, 5.74) is -0.172. The Morgan fingerprint density at radius 3 is 2.31 bits per heavy atom. The lowest BCUT2D eigenvalue weighted by atomic mass is 10.1. The molecule has 26 heavy (non-hydrogen) atoms. The molecular weight excluding hydrogens is 334 g/mol. The van der Waals surface area contributed by atoms with Crippen LogP contribution in [0.25, 0.3) is 0 Å². The van der Waals surface area contributed by atoms with Gasteiger partial charge >= 0.3 is 12.2 Å². The van der Waals surface area contributed by atoms with Gasteiger partial charge < -0.3 is 14.4 Å². The van der Waals surface area contributed by atoms with Crippen LogP contribution < -0.4 is 5.32 Å². The van der Waals surface area contributed by atoms with Crippen LogP contribution in [0.2, 0.25) is 0 Å². The van der Waals surface area contributed by atoms with Crippen LogP contribution in [-0.4, -0.2) is 39.8 Å². The van der Waals surface area contributed by atoms with E-state index in [0.29, 0.717) is 12.4 Å². The molecule has 1 aromatic rings. The van der Waals surface area contributed by atoms with Crippen molar-refractivity contribution in [2.24, 2.45) is 0 Å². The summed E-state index contributed by atoms with van der Waals surface area (Å²) < 4.78 is 10.7. The number of aromatic nitrogens is 1. The molecule has 1 atom stereocenters. The topological polar surface area (TPSA) is 80.8 Å². The standard InChI is InChI=1S/C19H29N3O4/c1-18(2,3)25-16(23)21-15-10-9-13(12-20-15)14-8-7-11-22(14)17(24)26-19(4,5)6/h9-10,12,14H,7-8,11H2,1-6H3,(H,20,21,23)/t14-/m1/s1. The summed E-state index contributed by atoms with van der Waals surface area (Å²) in [7, 11) is 0. The van der Waals surface area contributed by atoms with Crippen LogP contribution in [0, 0.1) is 0 Å². The number of hydrogen-bond donors (Lipinski definition) is 1. The second kappa shape index (κ2) is 7.51. The van der Waals surface area contributed by atoms with Gasteiger partial charge in [-0.15, -0.1) is 0 Å². The molecule has 1 N–H and O–H groups in total. The highest BCUT2D eigenvalue weighted by Crippen LogP contribution is 2.33. The van der Waals surface area contributed by atoms with Gasteiger partial charge in [0.25, 0.3) is 0 Å². The molecule has 1 aliphatic heterocycles. The number of anilines is 1. The molecule has 0 unspecified atom stereocenters. The Morgan fingerprint density at radius 1 is 1.12 bits per heavy atom. The van der Waals surface area contributed by atoms with E-state index in [1.54, 1.807) is 37.9 Å². The molecule has 2 heterocycles. The van der Waals surface area contributed by atoms with Gasteiger partial charge in [-0.25, -0.2) is 14.6 Å². The van der Waals surface area contributed by atoms with Gasteiger partial charge in [0.2, 0.25) is 0 Å². The summed E-state index contributed by atoms with van der Waals surface area (Å²) >= 11 is 0. The van der Waals surface area contributed by atoms with E-state index in [1.165, 1.54) is 0 Å². The van der Waals surface area contributed by atoms with E-state index in [1.807, 2.05) is 26.8 Å². The van der Waals surface area contributed by atoms with Crippen molar-refractivity contribution in [2.75, 3.05) is 11.9 Å². The first-order chi connectivity index (χ1) is 11.9. The number of pyridine rings is 1. The Kier molecular flexibility index (Phi) is 5.78. The average Bonchev–Trinajstić information content (AvgIpc) is 2.93. The van der Waals surface area contributed by atoms with Crippen LogP contribution >= 0.6 is 0 Å². The van der Waals surface area contributed by atoms with Gasteiger partial charge in [0, 0.05) is 12.7 Å². The fourth-order valence-corrected chi connectivity index (χ4v) is 2.74. The molecule has 1 aliphatic rings. The second-order valence-electron chi connectivity index (χ2n) is 8.44. The number of likely N-dealkylation sites (tertiary alicyclic amines) is 1. The van der Waals surface area contributed by atoms with Crippen LogP contribution in [0.1, 0.15) is 66.0 Å². The van der Waals surface area contributed by atoms with Crippen LogP contribution in [0.5, 0.6) is 0 Å². The molecule has 1 fully saturated rings. The van der Waals surface area contributed by atoms with Crippen LogP contribution in [0.3, 0.4) is 0 Å². The van der Waals surface area contributed by atoms with E-state index >= 15 is 0 Å². The molecule has 144 valence electrons. The van der Waals surface area contributed by atoms with Crippen LogP contribution in [0.4, 0.5) is 15.4 Å². The van der Waals surface area contributed by atoms with Crippen molar-refractivity contribution in [3.8, 4) is 0 Å². The molecule has 0 radical (unpaired) electrons. The predicted octanol–water partition coefficient (Wildman–Crippen LogP) is 4.50. The third-order valence-corrected chi connectivity index (χ3v) is 3.68. The Balaban J connectivity index is 2.03. The fraction of sp³-hybridized carbons (Fsp3) is 0.632. The van der Waals surface area contributed by atoms with Crippen LogP contribution in [-0.2, 0) is 9.47 Å². The van der Waals surface area contributed by atoms with Gasteiger partial charge in [-0.05, 0) is 66.0 Å². The van der Waals surface area contributed by atoms with Crippen molar-refractivity contribution in [3.05, 3.63) is 23.9 Å². The summed E-state index contributed by atoms with van der Waals surface area (Å²) in [6.07, 6.45) is 2.60. The first-order valence-electron chi connectivity index (χ1n) is 8.90. The number of carbonyl (C=O) groups excluding carboxylic acids is 2. The molecule has 7 nitrogen and oxygen atoms in total. The number of nitrogens with one attached hydrogen (secondary N) is 1. The minimum absolute atomic E-state index is 0.0621. The van der Waals surface area contributed by atoms with E-state index < -0.39 is 17.3 Å². The Bertz CT molecular complexity index is 644. The normalized spacial score (nSPS) is 17.8. The summed E-state index contributed by atoms with van der Waals surface area (Å²) in [6.45, 7) is 11.6. The van der Waals surface area contributed by atoms with Gasteiger partial charge in [-0.2, -0.15) is 0 Å². The number of hydrogen-bond acceptors (Lipinski definition) is 5. The van der Waals surface area contributed by atoms with Gasteiger partial charge in [-0.3, -0.25) is 5.32 Å². The summed E-state index contributed by atoms with van der Waals surface area (Å²) in [5.74, 6) is 0.407. The van der Waals surface area contributed by atoms with Gasteiger partial charge in [-0.1, -0.05) is 6.07 Å². The Morgan fingerprint density at radius 2 is 1.77 bits per heavy atom. The number of rotatable bonds is 2. The largest absolute Gasteiger partial charge is 0.444 e. The van der Waals surface area contributed by atoms with Crippen molar-refractivity contribution < 1.29 is 19.1 Å². The van der Waals surface area contributed by atoms with E-state index in [2.05, 4.69) is 10.3 Å². The summed E-state index contributed by atoms with van der Waals surface area (Å²) in [6, 6.07) is 3.52.